The van der Waals surface area contributed by atoms with Gasteiger partial charge in [0.05, 0.1) is 28.3 Å². The zero-order valence-corrected chi connectivity index (χ0v) is 19.5. The molecular formula is C23H24N4O4S2. The van der Waals surface area contributed by atoms with Crippen molar-refractivity contribution in [1.29, 1.82) is 0 Å². The van der Waals surface area contributed by atoms with E-state index in [0.29, 0.717) is 31.0 Å². The highest BCUT2D eigenvalue weighted by Gasteiger charge is 2.35. The number of benzene rings is 1. The van der Waals surface area contributed by atoms with Gasteiger partial charge >= 0.3 is 0 Å². The Balaban J connectivity index is 1.27. The number of rotatable bonds is 7. The fourth-order valence-corrected chi connectivity index (χ4v) is 6.35. The van der Waals surface area contributed by atoms with Crippen molar-refractivity contribution in [3.63, 3.8) is 0 Å². The molecular weight excluding hydrogens is 460 g/mol. The van der Waals surface area contributed by atoms with Gasteiger partial charge in [0.1, 0.15) is 11.8 Å². The number of carbonyl (C=O) groups is 1. The van der Waals surface area contributed by atoms with E-state index in [2.05, 4.69) is 10.4 Å². The fraction of sp³-hybridized carbons (Fsp3) is 0.304. The quantitative estimate of drug-likeness (QED) is 0.549. The van der Waals surface area contributed by atoms with E-state index >= 15 is 0 Å². The SMILES string of the molecule is O=C(CNc1ccc(S(=O)(=O)N2CCCC2)cc1)N1N=C(c2cccs2)C[C@H]1c1ccco1. The molecule has 1 saturated heterocycles. The van der Waals surface area contributed by atoms with Crippen molar-refractivity contribution in [2.45, 2.75) is 30.2 Å². The summed E-state index contributed by atoms with van der Waals surface area (Å²) in [7, 11) is -3.46. The summed E-state index contributed by atoms with van der Waals surface area (Å²) in [6, 6.07) is 13.8. The second-order valence-corrected chi connectivity index (χ2v) is 10.9. The summed E-state index contributed by atoms with van der Waals surface area (Å²) in [4.78, 5) is 14.4. The van der Waals surface area contributed by atoms with E-state index in [9.17, 15) is 13.2 Å². The Labute approximate surface area is 196 Å². The predicted octanol–water partition coefficient (Wildman–Crippen LogP) is 3.92. The van der Waals surface area contributed by atoms with Crippen LogP contribution in [0.5, 0.6) is 0 Å². The average Bonchev–Trinajstić information content (AvgIpc) is 3.64. The van der Waals surface area contributed by atoms with Gasteiger partial charge < -0.3 is 9.73 Å². The van der Waals surface area contributed by atoms with Crippen molar-refractivity contribution in [1.82, 2.24) is 9.31 Å². The maximum absolute atomic E-state index is 13.1. The Morgan fingerprint density at radius 2 is 1.91 bits per heavy atom. The topological polar surface area (TPSA) is 95.2 Å². The zero-order chi connectivity index (χ0) is 22.8. The molecule has 0 saturated carbocycles. The molecule has 1 fully saturated rings. The molecule has 2 aliphatic heterocycles. The molecule has 0 unspecified atom stereocenters. The number of hydrazone groups is 1. The van der Waals surface area contributed by atoms with Crippen LogP contribution in [0.1, 0.15) is 35.9 Å². The van der Waals surface area contributed by atoms with Crippen LogP contribution in [-0.4, -0.2) is 49.0 Å². The number of nitrogens with zero attached hydrogens (tertiary/aromatic N) is 3. The molecule has 1 N–H and O–H groups in total. The van der Waals surface area contributed by atoms with Gasteiger partial charge in [0.15, 0.2) is 0 Å². The van der Waals surface area contributed by atoms with Crippen LogP contribution in [0.3, 0.4) is 0 Å². The van der Waals surface area contributed by atoms with E-state index < -0.39 is 10.0 Å². The van der Waals surface area contributed by atoms with Crippen molar-refractivity contribution in [3.8, 4) is 0 Å². The van der Waals surface area contributed by atoms with E-state index in [1.54, 1.807) is 47.9 Å². The third-order valence-electron chi connectivity index (χ3n) is 5.84. The lowest BCUT2D eigenvalue weighted by molar-refractivity contribution is -0.131. The summed E-state index contributed by atoms with van der Waals surface area (Å²) >= 11 is 1.59. The number of hydrogen-bond donors (Lipinski definition) is 1. The van der Waals surface area contributed by atoms with Crippen LogP contribution in [0.4, 0.5) is 5.69 Å². The Hall–Kier alpha value is -2.95. The summed E-state index contributed by atoms with van der Waals surface area (Å²) in [5.41, 5.74) is 1.52. The minimum Gasteiger partial charge on any atom is -0.467 e. The van der Waals surface area contributed by atoms with Crippen LogP contribution in [0.25, 0.3) is 0 Å². The van der Waals surface area contributed by atoms with Crippen LogP contribution in [-0.2, 0) is 14.8 Å². The third kappa shape index (κ3) is 4.46. The summed E-state index contributed by atoms with van der Waals surface area (Å²) in [5, 5.41) is 11.1. The number of amides is 1. The summed E-state index contributed by atoms with van der Waals surface area (Å²) in [6.45, 7) is 1.16. The molecule has 4 heterocycles. The Morgan fingerprint density at radius 1 is 1.12 bits per heavy atom. The largest absolute Gasteiger partial charge is 0.467 e. The highest BCUT2D eigenvalue weighted by Crippen LogP contribution is 2.34. The van der Waals surface area contributed by atoms with Gasteiger partial charge in [-0.1, -0.05) is 6.07 Å². The maximum Gasteiger partial charge on any atom is 0.262 e. The predicted molar refractivity (Wildman–Crippen MR) is 127 cm³/mol. The summed E-state index contributed by atoms with van der Waals surface area (Å²) < 4.78 is 32.5. The molecule has 3 aromatic rings. The van der Waals surface area contributed by atoms with Crippen molar-refractivity contribution in [3.05, 3.63) is 70.8 Å². The first-order chi connectivity index (χ1) is 16.0. The molecule has 1 atom stereocenters. The number of sulfonamides is 1. The molecule has 8 nitrogen and oxygen atoms in total. The Morgan fingerprint density at radius 3 is 2.58 bits per heavy atom. The first kappa shape index (κ1) is 21.9. The van der Waals surface area contributed by atoms with Gasteiger partial charge in [-0.05, 0) is 60.7 Å². The Kier molecular flexibility index (Phi) is 6.05. The van der Waals surface area contributed by atoms with Gasteiger partial charge in [-0.3, -0.25) is 4.79 Å². The number of nitrogens with one attached hydrogen (secondary N) is 1. The van der Waals surface area contributed by atoms with Crippen molar-refractivity contribution in [2.24, 2.45) is 5.10 Å². The molecule has 10 heteroatoms. The van der Waals surface area contributed by atoms with Crippen molar-refractivity contribution >= 4 is 38.7 Å². The normalized spacial score (nSPS) is 19.1. The molecule has 1 amide bonds. The first-order valence-electron chi connectivity index (χ1n) is 10.8. The van der Waals surface area contributed by atoms with Gasteiger partial charge in [0.25, 0.3) is 5.91 Å². The van der Waals surface area contributed by atoms with Crippen LogP contribution in [0.15, 0.2) is 74.6 Å². The molecule has 0 radical (unpaired) electrons. The van der Waals surface area contributed by atoms with Gasteiger partial charge in [-0.2, -0.15) is 9.41 Å². The molecule has 1 aromatic carbocycles. The zero-order valence-electron chi connectivity index (χ0n) is 17.9. The molecule has 2 aromatic heterocycles. The van der Waals surface area contributed by atoms with E-state index in [1.165, 1.54) is 9.31 Å². The Bertz CT molecular complexity index is 1230. The van der Waals surface area contributed by atoms with Gasteiger partial charge in [-0.25, -0.2) is 13.4 Å². The second-order valence-electron chi connectivity index (χ2n) is 7.99. The number of furan rings is 1. The van der Waals surface area contributed by atoms with E-state index in [0.717, 1.165) is 23.4 Å². The molecule has 172 valence electrons. The van der Waals surface area contributed by atoms with Gasteiger partial charge in [0.2, 0.25) is 10.0 Å². The molecule has 0 bridgehead atoms. The fourth-order valence-electron chi connectivity index (χ4n) is 4.12. The number of anilines is 1. The van der Waals surface area contributed by atoms with E-state index in [-0.39, 0.29) is 23.4 Å². The lowest BCUT2D eigenvalue weighted by Gasteiger charge is -2.20. The summed E-state index contributed by atoms with van der Waals surface area (Å²) in [5.74, 6) is 0.492. The van der Waals surface area contributed by atoms with Crippen LogP contribution >= 0.6 is 11.3 Å². The lowest BCUT2D eigenvalue weighted by atomic mass is 10.1. The number of thiophene rings is 1. The van der Waals surface area contributed by atoms with Crippen LogP contribution in [0, 0.1) is 0 Å². The van der Waals surface area contributed by atoms with Gasteiger partial charge in [-0.15, -0.1) is 11.3 Å². The molecule has 0 aliphatic carbocycles. The van der Waals surface area contributed by atoms with Crippen molar-refractivity contribution < 1.29 is 17.6 Å². The number of carbonyl (C=O) groups excluding carboxylic acids is 1. The minimum atomic E-state index is -3.46. The monoisotopic (exact) mass is 484 g/mol. The highest BCUT2D eigenvalue weighted by molar-refractivity contribution is 7.89. The van der Waals surface area contributed by atoms with Crippen LogP contribution < -0.4 is 5.32 Å². The first-order valence-corrected chi connectivity index (χ1v) is 13.2. The third-order valence-corrected chi connectivity index (χ3v) is 8.68. The maximum atomic E-state index is 13.1. The van der Waals surface area contributed by atoms with Crippen molar-refractivity contribution in [2.75, 3.05) is 25.0 Å². The highest BCUT2D eigenvalue weighted by atomic mass is 32.2. The molecule has 33 heavy (non-hydrogen) atoms. The average molecular weight is 485 g/mol. The van der Waals surface area contributed by atoms with E-state index in [1.807, 2.05) is 23.6 Å². The molecule has 2 aliphatic rings. The second kappa shape index (κ2) is 9.12. The number of hydrogen-bond acceptors (Lipinski definition) is 7. The molecule has 5 rings (SSSR count). The molecule has 0 spiro atoms. The lowest BCUT2D eigenvalue weighted by Crippen LogP contribution is -2.32. The van der Waals surface area contributed by atoms with E-state index in [4.69, 9.17) is 4.42 Å². The summed E-state index contributed by atoms with van der Waals surface area (Å²) in [6.07, 6.45) is 3.97. The standard InChI is InChI=1S/C23H24N4O4S2/c28-23(16-24-17-7-9-18(10-8-17)33(29,30)26-11-1-2-12-26)27-20(21-5-3-13-31-21)15-19(25-27)22-6-4-14-32-22/h3-10,13-14,20,24H,1-2,11-12,15-16H2/t20-/m0/s1. The smallest absolute Gasteiger partial charge is 0.262 e. The minimum absolute atomic E-state index is 0.0245. The van der Waals surface area contributed by atoms with Gasteiger partial charge in [0, 0.05) is 25.2 Å². The van der Waals surface area contributed by atoms with Crippen LogP contribution in [0.2, 0.25) is 0 Å².